The van der Waals surface area contributed by atoms with E-state index in [2.05, 4.69) is 53.5 Å². The van der Waals surface area contributed by atoms with Crippen LogP contribution >= 0.6 is 11.6 Å². The van der Waals surface area contributed by atoms with Gasteiger partial charge in [-0.1, -0.05) is 43.6 Å². The molecule has 33 heavy (non-hydrogen) atoms. The molecule has 0 radical (unpaired) electrons. The van der Waals surface area contributed by atoms with Crippen LogP contribution in [0.1, 0.15) is 36.6 Å². The Hall–Kier alpha value is -3.29. The van der Waals surface area contributed by atoms with Crippen molar-refractivity contribution in [1.82, 2.24) is 29.9 Å². The average Bonchev–Trinajstić information content (AvgIpc) is 3.38. The fourth-order valence-electron chi connectivity index (χ4n) is 4.23. The minimum Gasteiger partial charge on any atom is -0.361 e. The fraction of sp³-hybridized carbons (Fsp3) is 0.240. The van der Waals surface area contributed by atoms with Crippen molar-refractivity contribution in [2.45, 2.75) is 32.7 Å². The summed E-state index contributed by atoms with van der Waals surface area (Å²) < 4.78 is 15.3. The first-order valence-corrected chi connectivity index (χ1v) is 11.3. The molecule has 5 aromatic rings. The third kappa shape index (κ3) is 4.21. The van der Waals surface area contributed by atoms with E-state index in [0.29, 0.717) is 28.6 Å². The normalized spacial score (nSPS) is 11.8. The Bertz CT molecular complexity index is 1440. The summed E-state index contributed by atoms with van der Waals surface area (Å²) in [5.41, 5.74) is 6.21. The summed E-state index contributed by atoms with van der Waals surface area (Å²) in [6.07, 6.45) is 5.73. The molecule has 4 heterocycles. The largest absolute Gasteiger partial charge is 0.361 e. The van der Waals surface area contributed by atoms with Crippen molar-refractivity contribution in [1.29, 1.82) is 0 Å². The zero-order valence-electron chi connectivity index (χ0n) is 18.4. The van der Waals surface area contributed by atoms with Crippen molar-refractivity contribution in [3.8, 4) is 11.3 Å². The molecular formula is C25H24ClFN6. The lowest BCUT2D eigenvalue weighted by molar-refractivity contribution is 0.622. The molecule has 0 fully saturated rings. The van der Waals surface area contributed by atoms with E-state index in [4.69, 9.17) is 21.7 Å². The van der Waals surface area contributed by atoms with E-state index in [1.54, 1.807) is 16.8 Å². The molecule has 0 saturated heterocycles. The molecule has 0 aliphatic carbocycles. The van der Waals surface area contributed by atoms with Crippen LogP contribution in [0.4, 0.5) is 4.39 Å². The highest BCUT2D eigenvalue weighted by atomic mass is 35.5. The van der Waals surface area contributed by atoms with Crippen molar-refractivity contribution in [2.24, 2.45) is 0 Å². The molecule has 0 bridgehead atoms. The lowest BCUT2D eigenvalue weighted by Crippen LogP contribution is -2.18. The van der Waals surface area contributed by atoms with Gasteiger partial charge in [0.1, 0.15) is 11.0 Å². The Balaban J connectivity index is 1.39. The Morgan fingerprint density at radius 3 is 2.85 bits per heavy atom. The zero-order chi connectivity index (χ0) is 22.9. The van der Waals surface area contributed by atoms with Crippen LogP contribution in [0, 0.1) is 5.82 Å². The van der Waals surface area contributed by atoms with Crippen LogP contribution in [0.3, 0.4) is 0 Å². The van der Waals surface area contributed by atoms with Crippen LogP contribution in [0.15, 0.2) is 55.0 Å². The third-order valence-electron chi connectivity index (χ3n) is 5.77. The van der Waals surface area contributed by atoms with Crippen molar-refractivity contribution in [3.05, 3.63) is 82.8 Å². The predicted octanol–water partition coefficient (Wildman–Crippen LogP) is 5.52. The Labute approximate surface area is 195 Å². The van der Waals surface area contributed by atoms with E-state index in [1.165, 1.54) is 23.2 Å². The number of nitrogens with one attached hydrogen (secondary N) is 2. The number of aromatic nitrogens is 5. The van der Waals surface area contributed by atoms with Crippen LogP contribution in [0.5, 0.6) is 0 Å². The first-order chi connectivity index (χ1) is 16.0. The highest BCUT2D eigenvalue weighted by molar-refractivity contribution is 6.30. The van der Waals surface area contributed by atoms with E-state index in [0.717, 1.165) is 29.7 Å². The topological polar surface area (TPSA) is 70.9 Å². The monoisotopic (exact) mass is 462 g/mol. The van der Waals surface area contributed by atoms with Crippen LogP contribution in [0.25, 0.3) is 27.8 Å². The summed E-state index contributed by atoms with van der Waals surface area (Å²) >= 11 is 6.55. The molecule has 1 aromatic carbocycles. The lowest BCUT2D eigenvalue weighted by Gasteiger charge is -2.08. The molecule has 0 atom stereocenters. The van der Waals surface area contributed by atoms with Gasteiger partial charge >= 0.3 is 0 Å². The van der Waals surface area contributed by atoms with Gasteiger partial charge in [-0.2, -0.15) is 5.10 Å². The maximum absolute atomic E-state index is 13.7. The first kappa shape index (κ1) is 21.6. The molecule has 0 spiro atoms. The van der Waals surface area contributed by atoms with E-state index in [-0.39, 0.29) is 5.92 Å². The smallest absolute Gasteiger partial charge is 0.161 e. The molecule has 6 nitrogen and oxygen atoms in total. The molecule has 0 amide bonds. The Morgan fingerprint density at radius 2 is 2.03 bits per heavy atom. The average molecular weight is 463 g/mol. The van der Waals surface area contributed by atoms with E-state index >= 15 is 0 Å². The number of pyridine rings is 1. The number of hydrogen-bond donors (Lipinski definition) is 2. The maximum atomic E-state index is 13.7. The summed E-state index contributed by atoms with van der Waals surface area (Å²) in [4.78, 5) is 12.0. The number of H-pyrrole nitrogens is 1. The van der Waals surface area contributed by atoms with Crippen molar-refractivity contribution in [3.63, 3.8) is 0 Å². The molecule has 8 heteroatoms. The number of para-hydroxylation sites is 1. The van der Waals surface area contributed by atoms with Gasteiger partial charge < -0.3 is 10.3 Å². The second-order valence-electron chi connectivity index (χ2n) is 8.39. The lowest BCUT2D eigenvalue weighted by atomic mass is 10.0. The van der Waals surface area contributed by atoms with Gasteiger partial charge in [0.05, 0.1) is 17.6 Å². The summed E-state index contributed by atoms with van der Waals surface area (Å²) in [7, 11) is 0. The summed E-state index contributed by atoms with van der Waals surface area (Å²) in [6.45, 7) is 5.64. The summed E-state index contributed by atoms with van der Waals surface area (Å²) in [6, 6.07) is 11.4. The van der Waals surface area contributed by atoms with Crippen LogP contribution < -0.4 is 5.32 Å². The molecule has 168 valence electrons. The van der Waals surface area contributed by atoms with Gasteiger partial charge in [0, 0.05) is 47.0 Å². The molecule has 5 rings (SSSR count). The molecule has 4 aromatic heterocycles. The van der Waals surface area contributed by atoms with Crippen LogP contribution in [-0.2, 0) is 13.0 Å². The van der Waals surface area contributed by atoms with Gasteiger partial charge in [-0.05, 0) is 36.6 Å². The molecule has 2 N–H and O–H groups in total. The quantitative estimate of drug-likeness (QED) is 0.247. The van der Waals surface area contributed by atoms with Gasteiger partial charge in [0.15, 0.2) is 5.65 Å². The van der Waals surface area contributed by atoms with Crippen molar-refractivity contribution in [2.75, 3.05) is 6.54 Å². The van der Waals surface area contributed by atoms with Crippen LogP contribution in [-0.4, -0.2) is 31.1 Å². The maximum Gasteiger partial charge on any atom is 0.161 e. The number of rotatable bonds is 7. The number of aromatic amines is 1. The van der Waals surface area contributed by atoms with E-state index in [9.17, 15) is 4.39 Å². The fourth-order valence-corrected chi connectivity index (χ4v) is 4.45. The summed E-state index contributed by atoms with van der Waals surface area (Å²) in [5, 5.41) is 9.93. The Kier molecular flexibility index (Phi) is 5.83. The van der Waals surface area contributed by atoms with Gasteiger partial charge in [0.25, 0.3) is 0 Å². The minimum atomic E-state index is -0.414. The minimum absolute atomic E-state index is 0.192. The predicted molar refractivity (Wildman–Crippen MR) is 129 cm³/mol. The molecule has 0 aliphatic heterocycles. The third-order valence-corrected chi connectivity index (χ3v) is 6.04. The highest BCUT2D eigenvalue weighted by Gasteiger charge is 2.20. The Morgan fingerprint density at radius 1 is 1.18 bits per heavy atom. The van der Waals surface area contributed by atoms with E-state index < -0.39 is 5.82 Å². The number of benzene rings is 1. The van der Waals surface area contributed by atoms with Crippen LogP contribution in [0.2, 0.25) is 5.15 Å². The molecular weight excluding hydrogens is 439 g/mol. The van der Waals surface area contributed by atoms with Gasteiger partial charge in [-0.15, -0.1) is 0 Å². The first-order valence-electron chi connectivity index (χ1n) is 11.0. The highest BCUT2D eigenvalue weighted by Crippen LogP contribution is 2.29. The second-order valence-corrected chi connectivity index (χ2v) is 8.78. The van der Waals surface area contributed by atoms with Gasteiger partial charge in [-0.25, -0.2) is 13.9 Å². The standard InChI is InChI=1S/C25H24ClFN6/c1-15(2)24-22(14-28-8-7-16-12-30-20-6-4-3-5-19(16)20)32-33-23(26)10-21(31-25(24)33)17-9-18(27)13-29-11-17/h3-6,9-13,15,28,30H,7-8,14H2,1-2H3. The van der Waals surface area contributed by atoms with E-state index in [1.807, 2.05) is 6.07 Å². The SMILES string of the molecule is CC(C)c1c(CNCCc2c[nH]c3ccccc23)nn2c(Cl)cc(-c3cncc(F)c3)nc12. The molecule has 0 saturated carbocycles. The zero-order valence-corrected chi connectivity index (χ0v) is 19.2. The molecule has 0 aliphatic rings. The number of hydrogen-bond acceptors (Lipinski definition) is 4. The number of halogens is 2. The number of fused-ring (bicyclic) bond motifs is 2. The van der Waals surface area contributed by atoms with Crippen molar-refractivity contribution >= 4 is 28.2 Å². The molecule has 0 unspecified atom stereocenters. The van der Waals surface area contributed by atoms with Gasteiger partial charge in [-0.3, -0.25) is 4.98 Å². The second kappa shape index (κ2) is 8.92. The number of nitrogens with zero attached hydrogens (tertiary/aromatic N) is 4. The summed E-state index contributed by atoms with van der Waals surface area (Å²) in [5.74, 6) is -0.222. The van der Waals surface area contributed by atoms with Crippen molar-refractivity contribution < 1.29 is 4.39 Å². The van der Waals surface area contributed by atoms with Gasteiger partial charge in [0.2, 0.25) is 0 Å².